The van der Waals surface area contributed by atoms with Gasteiger partial charge in [0.1, 0.15) is 5.75 Å². The molecule has 0 saturated carbocycles. The number of hydrogen-bond acceptors (Lipinski definition) is 3. The largest absolute Gasteiger partial charge is 0.508 e. The van der Waals surface area contributed by atoms with Crippen LogP contribution in [0.25, 0.3) is 0 Å². The number of rotatable bonds is 5. The van der Waals surface area contributed by atoms with Crippen molar-refractivity contribution in [1.82, 2.24) is 4.90 Å². The highest BCUT2D eigenvalue weighted by molar-refractivity contribution is 5.78. The number of phenols is 1. The molecule has 1 heterocycles. The van der Waals surface area contributed by atoms with Gasteiger partial charge >= 0.3 is 0 Å². The third kappa shape index (κ3) is 3.25. The van der Waals surface area contributed by atoms with E-state index >= 15 is 0 Å². The Kier molecular flexibility index (Phi) is 4.54. The Morgan fingerprint density at radius 1 is 1.40 bits per heavy atom. The fourth-order valence-electron chi connectivity index (χ4n) is 2.46. The normalized spacial score (nSPS) is 18.9. The summed E-state index contributed by atoms with van der Waals surface area (Å²) in [5.74, 6) is -2.32. The van der Waals surface area contributed by atoms with E-state index < -0.39 is 11.6 Å². The number of halogens is 2. The zero-order chi connectivity index (χ0) is 14.7. The number of benzene rings is 1. The number of carbonyl (C=O) groups excluding carboxylic acids is 1. The zero-order valence-electron chi connectivity index (χ0n) is 11.2. The number of aromatic hydroxyl groups is 1. The van der Waals surface area contributed by atoms with E-state index in [1.807, 2.05) is 0 Å². The molecule has 2 rings (SSSR count). The van der Waals surface area contributed by atoms with Crippen molar-refractivity contribution < 1.29 is 23.4 Å². The van der Waals surface area contributed by atoms with Gasteiger partial charge in [-0.3, -0.25) is 4.79 Å². The summed E-state index contributed by atoms with van der Waals surface area (Å²) in [5.41, 5.74) is 0.329. The zero-order valence-corrected chi connectivity index (χ0v) is 11.2. The maximum absolute atomic E-state index is 13.2. The fraction of sp³-hybridized carbons (Fsp3) is 0.500. The number of nitrogens with zero attached hydrogens (tertiary/aromatic N) is 1. The highest BCUT2D eigenvalue weighted by atomic mass is 19.2. The van der Waals surface area contributed by atoms with E-state index in [2.05, 4.69) is 0 Å². The number of likely N-dealkylation sites (tertiary alicyclic amines) is 1. The van der Waals surface area contributed by atoms with Gasteiger partial charge in [-0.25, -0.2) is 8.78 Å². The molecule has 1 amide bonds. The lowest BCUT2D eigenvalue weighted by Gasteiger charge is -2.16. The smallest absolute Gasteiger partial charge is 0.223 e. The second kappa shape index (κ2) is 6.17. The number of amides is 1. The Bertz CT molecular complexity index is 507. The highest BCUT2D eigenvalue weighted by Crippen LogP contribution is 2.28. The molecule has 110 valence electrons. The summed E-state index contributed by atoms with van der Waals surface area (Å²) < 4.78 is 31.0. The first kappa shape index (κ1) is 14.7. The lowest BCUT2D eigenvalue weighted by Crippen LogP contribution is -2.28. The van der Waals surface area contributed by atoms with Gasteiger partial charge in [-0.2, -0.15) is 0 Å². The monoisotopic (exact) mass is 285 g/mol. The lowest BCUT2D eigenvalue weighted by atomic mass is 9.97. The highest BCUT2D eigenvalue weighted by Gasteiger charge is 2.30. The van der Waals surface area contributed by atoms with Crippen LogP contribution in [0.1, 0.15) is 12.0 Å². The third-order valence-corrected chi connectivity index (χ3v) is 3.49. The molecule has 1 aliphatic heterocycles. The van der Waals surface area contributed by atoms with Gasteiger partial charge in [0.25, 0.3) is 0 Å². The third-order valence-electron chi connectivity index (χ3n) is 3.49. The molecule has 1 atom stereocenters. The molecule has 0 aromatic heterocycles. The summed E-state index contributed by atoms with van der Waals surface area (Å²) in [6, 6.07) is 1.76. The van der Waals surface area contributed by atoms with E-state index in [4.69, 9.17) is 4.74 Å². The molecule has 4 nitrogen and oxygen atoms in total. The molecule has 0 radical (unpaired) electrons. The standard InChI is InChI=1S/C14H17F2NO3/c1-20-3-2-17-8-9(5-14(17)19)4-10-6-11(15)12(16)7-13(10)18/h6-7,9,18H,2-5,8H2,1H3/t9-/m1/s1. The first-order valence-electron chi connectivity index (χ1n) is 6.45. The molecule has 1 fully saturated rings. The van der Waals surface area contributed by atoms with Crippen molar-refractivity contribution in [1.29, 1.82) is 0 Å². The molecule has 1 aliphatic rings. The van der Waals surface area contributed by atoms with Crippen molar-refractivity contribution in [2.45, 2.75) is 12.8 Å². The average Bonchev–Trinajstić information content (AvgIpc) is 2.74. The van der Waals surface area contributed by atoms with Crippen molar-refractivity contribution in [2.75, 3.05) is 26.8 Å². The molecule has 20 heavy (non-hydrogen) atoms. The van der Waals surface area contributed by atoms with Gasteiger partial charge in [-0.05, 0) is 24.0 Å². The summed E-state index contributed by atoms with van der Waals surface area (Å²) in [4.78, 5) is 13.4. The maximum Gasteiger partial charge on any atom is 0.223 e. The average molecular weight is 285 g/mol. The predicted octanol–water partition coefficient (Wildman–Crippen LogP) is 1.71. The first-order chi connectivity index (χ1) is 9.51. The molecule has 0 unspecified atom stereocenters. The molecule has 1 aromatic carbocycles. The van der Waals surface area contributed by atoms with Crippen molar-refractivity contribution >= 4 is 5.91 Å². The summed E-state index contributed by atoms with van der Waals surface area (Å²) >= 11 is 0. The minimum absolute atomic E-state index is 0.00452. The topological polar surface area (TPSA) is 49.8 Å². The SMILES string of the molecule is COCCN1C[C@H](Cc2cc(F)c(F)cc2O)CC1=O. The van der Waals surface area contributed by atoms with Gasteiger partial charge in [0.2, 0.25) is 5.91 Å². The fourth-order valence-corrected chi connectivity index (χ4v) is 2.46. The van der Waals surface area contributed by atoms with Crippen LogP contribution < -0.4 is 0 Å². The Morgan fingerprint density at radius 3 is 2.80 bits per heavy atom. The van der Waals surface area contributed by atoms with Crippen molar-refractivity contribution in [2.24, 2.45) is 5.92 Å². The van der Waals surface area contributed by atoms with Crippen molar-refractivity contribution in [3.63, 3.8) is 0 Å². The van der Waals surface area contributed by atoms with Crippen LogP contribution in [-0.2, 0) is 16.0 Å². The van der Waals surface area contributed by atoms with E-state index in [0.29, 0.717) is 38.1 Å². The summed E-state index contributed by atoms with van der Waals surface area (Å²) in [6.45, 7) is 1.53. The Morgan fingerprint density at radius 2 is 2.10 bits per heavy atom. The molecule has 1 saturated heterocycles. The van der Waals surface area contributed by atoms with Gasteiger partial charge < -0.3 is 14.7 Å². The van der Waals surface area contributed by atoms with Crippen molar-refractivity contribution in [3.05, 3.63) is 29.3 Å². The summed E-state index contributed by atoms with van der Waals surface area (Å²) in [5, 5.41) is 9.62. The molecular weight excluding hydrogens is 268 g/mol. The van der Waals surface area contributed by atoms with Crippen molar-refractivity contribution in [3.8, 4) is 5.75 Å². The van der Waals surface area contributed by atoms with Gasteiger partial charge in [-0.1, -0.05) is 0 Å². The summed E-state index contributed by atoms with van der Waals surface area (Å²) in [6.07, 6.45) is 0.695. The number of phenolic OH excluding ortho intramolecular Hbond substituents is 1. The quantitative estimate of drug-likeness (QED) is 0.896. The number of carbonyl (C=O) groups is 1. The van der Waals surface area contributed by atoms with Crippen LogP contribution in [-0.4, -0.2) is 42.7 Å². The van der Waals surface area contributed by atoms with E-state index in [0.717, 1.165) is 12.1 Å². The van der Waals surface area contributed by atoms with E-state index in [1.54, 1.807) is 12.0 Å². The number of hydrogen-bond donors (Lipinski definition) is 1. The van der Waals surface area contributed by atoms with Crippen LogP contribution in [0.2, 0.25) is 0 Å². The van der Waals surface area contributed by atoms with Gasteiger partial charge in [0.05, 0.1) is 6.61 Å². The molecule has 0 aliphatic carbocycles. The van der Waals surface area contributed by atoms with Crippen LogP contribution in [0.15, 0.2) is 12.1 Å². The van der Waals surface area contributed by atoms with Gasteiger partial charge in [-0.15, -0.1) is 0 Å². The second-order valence-corrected chi connectivity index (χ2v) is 5.00. The first-order valence-corrected chi connectivity index (χ1v) is 6.45. The maximum atomic E-state index is 13.2. The Labute approximate surface area is 116 Å². The molecular formula is C14H17F2NO3. The number of methoxy groups -OCH3 is 1. The van der Waals surface area contributed by atoms with Crippen LogP contribution in [0.5, 0.6) is 5.75 Å². The van der Waals surface area contributed by atoms with Gasteiger partial charge in [0, 0.05) is 32.7 Å². The predicted molar refractivity (Wildman–Crippen MR) is 68.3 cm³/mol. The van der Waals surface area contributed by atoms with Crippen LogP contribution >= 0.6 is 0 Å². The number of ether oxygens (including phenoxy) is 1. The molecule has 0 spiro atoms. The van der Waals surface area contributed by atoms with Crippen LogP contribution in [0.4, 0.5) is 8.78 Å². The van der Waals surface area contributed by atoms with E-state index in [-0.39, 0.29) is 17.6 Å². The van der Waals surface area contributed by atoms with Crippen LogP contribution in [0.3, 0.4) is 0 Å². The molecule has 0 bridgehead atoms. The Hall–Kier alpha value is -1.69. The second-order valence-electron chi connectivity index (χ2n) is 5.00. The minimum Gasteiger partial charge on any atom is -0.508 e. The molecule has 1 aromatic rings. The Balaban J connectivity index is 2.01. The van der Waals surface area contributed by atoms with Crippen LogP contribution in [0, 0.1) is 17.6 Å². The van der Waals surface area contributed by atoms with E-state index in [1.165, 1.54) is 0 Å². The van der Waals surface area contributed by atoms with E-state index in [9.17, 15) is 18.7 Å². The van der Waals surface area contributed by atoms with Gasteiger partial charge in [0.15, 0.2) is 11.6 Å². The summed E-state index contributed by atoms with van der Waals surface area (Å²) in [7, 11) is 1.57. The molecule has 1 N–H and O–H groups in total. The minimum atomic E-state index is -1.07. The molecule has 6 heteroatoms. The lowest BCUT2D eigenvalue weighted by molar-refractivity contribution is -0.128.